The van der Waals surface area contributed by atoms with Crippen LogP contribution in [0.15, 0.2) is 36.5 Å². The molecule has 0 saturated carbocycles. The monoisotopic (exact) mass is 244 g/mol. The third-order valence-electron chi connectivity index (χ3n) is 3.26. The molecule has 18 heavy (non-hydrogen) atoms. The molecule has 0 spiro atoms. The van der Waals surface area contributed by atoms with Crippen molar-refractivity contribution in [1.82, 2.24) is 10.3 Å². The lowest BCUT2D eigenvalue weighted by Crippen LogP contribution is -2.27. The van der Waals surface area contributed by atoms with E-state index >= 15 is 0 Å². The fourth-order valence-corrected chi connectivity index (χ4v) is 2.06. The van der Waals surface area contributed by atoms with Gasteiger partial charge in [0.1, 0.15) is 0 Å². The SMILES string of the molecule is CCNCCC(C)(O)c1ccc2ncccc2c1. The lowest BCUT2D eigenvalue weighted by Gasteiger charge is -2.24. The summed E-state index contributed by atoms with van der Waals surface area (Å²) < 4.78 is 0. The summed E-state index contributed by atoms with van der Waals surface area (Å²) in [4.78, 5) is 4.29. The van der Waals surface area contributed by atoms with Crippen LogP contribution in [0, 0.1) is 0 Å². The Morgan fingerprint density at radius 2 is 2.17 bits per heavy atom. The van der Waals surface area contributed by atoms with Crippen molar-refractivity contribution in [2.75, 3.05) is 13.1 Å². The standard InChI is InChI=1S/C15H20N2O/c1-3-16-10-8-15(2,18)13-6-7-14-12(11-13)5-4-9-17-14/h4-7,9,11,16,18H,3,8,10H2,1-2H3. The summed E-state index contributed by atoms with van der Waals surface area (Å²) in [6.45, 7) is 5.67. The summed E-state index contributed by atoms with van der Waals surface area (Å²) in [6.07, 6.45) is 2.48. The van der Waals surface area contributed by atoms with Gasteiger partial charge in [-0.05, 0) is 50.2 Å². The van der Waals surface area contributed by atoms with Crippen LogP contribution in [0.4, 0.5) is 0 Å². The van der Waals surface area contributed by atoms with Crippen LogP contribution in [0.2, 0.25) is 0 Å². The Morgan fingerprint density at radius 3 is 2.94 bits per heavy atom. The number of hydrogen-bond donors (Lipinski definition) is 2. The minimum absolute atomic E-state index is 0.701. The summed E-state index contributed by atoms with van der Waals surface area (Å²) in [5.74, 6) is 0. The molecule has 0 fully saturated rings. The van der Waals surface area contributed by atoms with Gasteiger partial charge < -0.3 is 10.4 Å². The predicted molar refractivity (Wildman–Crippen MR) is 74.5 cm³/mol. The number of aliphatic hydroxyl groups is 1. The van der Waals surface area contributed by atoms with Crippen molar-refractivity contribution < 1.29 is 5.11 Å². The lowest BCUT2D eigenvalue weighted by molar-refractivity contribution is 0.0483. The van der Waals surface area contributed by atoms with Gasteiger partial charge >= 0.3 is 0 Å². The number of aromatic nitrogens is 1. The Kier molecular flexibility index (Phi) is 3.94. The zero-order valence-electron chi connectivity index (χ0n) is 11.0. The minimum Gasteiger partial charge on any atom is -0.385 e. The van der Waals surface area contributed by atoms with Crippen molar-refractivity contribution in [1.29, 1.82) is 0 Å². The Bertz CT molecular complexity index is 523. The molecule has 1 atom stereocenters. The summed E-state index contributed by atoms with van der Waals surface area (Å²) in [6, 6.07) is 9.88. The van der Waals surface area contributed by atoms with Crippen LogP contribution in [0.3, 0.4) is 0 Å². The molecule has 0 amide bonds. The van der Waals surface area contributed by atoms with E-state index in [1.54, 1.807) is 6.20 Å². The van der Waals surface area contributed by atoms with Crippen molar-refractivity contribution in [3.63, 3.8) is 0 Å². The number of pyridine rings is 1. The number of hydrogen-bond acceptors (Lipinski definition) is 3. The number of fused-ring (bicyclic) bond motifs is 1. The summed E-state index contributed by atoms with van der Waals surface area (Å²) in [5, 5.41) is 14.8. The highest BCUT2D eigenvalue weighted by molar-refractivity contribution is 5.79. The normalized spacial score (nSPS) is 14.6. The molecule has 0 aliphatic rings. The van der Waals surface area contributed by atoms with Crippen molar-refractivity contribution in [3.05, 3.63) is 42.1 Å². The molecule has 1 aromatic heterocycles. The van der Waals surface area contributed by atoms with E-state index in [0.29, 0.717) is 6.42 Å². The summed E-state index contributed by atoms with van der Waals surface area (Å²) in [5.41, 5.74) is 1.11. The van der Waals surface area contributed by atoms with E-state index in [0.717, 1.165) is 29.6 Å². The molecule has 96 valence electrons. The van der Waals surface area contributed by atoms with E-state index in [2.05, 4.69) is 17.2 Å². The van der Waals surface area contributed by atoms with Gasteiger partial charge in [-0.2, -0.15) is 0 Å². The van der Waals surface area contributed by atoms with Crippen molar-refractivity contribution in [3.8, 4) is 0 Å². The quantitative estimate of drug-likeness (QED) is 0.794. The molecule has 0 radical (unpaired) electrons. The number of benzene rings is 1. The largest absolute Gasteiger partial charge is 0.385 e. The Balaban J connectivity index is 2.23. The third-order valence-corrected chi connectivity index (χ3v) is 3.26. The van der Waals surface area contributed by atoms with Gasteiger partial charge in [-0.15, -0.1) is 0 Å². The maximum absolute atomic E-state index is 10.5. The molecule has 2 N–H and O–H groups in total. The first-order valence-electron chi connectivity index (χ1n) is 6.42. The third kappa shape index (κ3) is 2.86. The van der Waals surface area contributed by atoms with Crippen LogP contribution in [0.5, 0.6) is 0 Å². The first-order chi connectivity index (χ1) is 8.63. The van der Waals surface area contributed by atoms with Gasteiger partial charge in [0, 0.05) is 11.6 Å². The second-order valence-electron chi connectivity index (χ2n) is 4.79. The van der Waals surface area contributed by atoms with E-state index in [1.165, 1.54) is 0 Å². The van der Waals surface area contributed by atoms with Gasteiger partial charge in [0.25, 0.3) is 0 Å². The van der Waals surface area contributed by atoms with Crippen molar-refractivity contribution in [2.45, 2.75) is 25.9 Å². The van der Waals surface area contributed by atoms with Gasteiger partial charge in [-0.3, -0.25) is 4.98 Å². The van der Waals surface area contributed by atoms with Gasteiger partial charge in [0.15, 0.2) is 0 Å². The predicted octanol–water partition coefficient (Wildman–Crippen LogP) is 2.44. The Labute approximate surface area is 108 Å². The zero-order valence-corrected chi connectivity index (χ0v) is 11.0. The summed E-state index contributed by atoms with van der Waals surface area (Å²) >= 11 is 0. The van der Waals surface area contributed by atoms with E-state index < -0.39 is 5.60 Å². The van der Waals surface area contributed by atoms with Crippen LogP contribution < -0.4 is 5.32 Å². The molecule has 2 rings (SSSR count). The second-order valence-corrected chi connectivity index (χ2v) is 4.79. The average molecular weight is 244 g/mol. The maximum atomic E-state index is 10.5. The molecule has 1 unspecified atom stereocenters. The number of nitrogens with one attached hydrogen (secondary N) is 1. The van der Waals surface area contributed by atoms with E-state index in [9.17, 15) is 5.11 Å². The fraction of sp³-hybridized carbons (Fsp3) is 0.400. The van der Waals surface area contributed by atoms with Crippen LogP contribution >= 0.6 is 0 Å². The Morgan fingerprint density at radius 1 is 1.33 bits per heavy atom. The second kappa shape index (κ2) is 5.46. The zero-order chi connectivity index (χ0) is 13.0. The highest BCUT2D eigenvalue weighted by atomic mass is 16.3. The van der Waals surface area contributed by atoms with E-state index in [-0.39, 0.29) is 0 Å². The first-order valence-corrected chi connectivity index (χ1v) is 6.42. The Hall–Kier alpha value is -1.45. The van der Waals surface area contributed by atoms with Crippen molar-refractivity contribution in [2.24, 2.45) is 0 Å². The molecular formula is C15H20N2O. The van der Waals surface area contributed by atoms with Crippen LogP contribution in [-0.2, 0) is 5.60 Å². The van der Waals surface area contributed by atoms with Crippen LogP contribution in [0.1, 0.15) is 25.8 Å². The topological polar surface area (TPSA) is 45.1 Å². The van der Waals surface area contributed by atoms with Crippen LogP contribution in [0.25, 0.3) is 10.9 Å². The van der Waals surface area contributed by atoms with Gasteiger partial charge in [0.05, 0.1) is 11.1 Å². The van der Waals surface area contributed by atoms with Crippen molar-refractivity contribution >= 4 is 10.9 Å². The molecule has 0 bridgehead atoms. The first kappa shape index (κ1) is 13.0. The smallest absolute Gasteiger partial charge is 0.0880 e. The van der Waals surface area contributed by atoms with E-state index in [4.69, 9.17) is 0 Å². The molecule has 3 nitrogen and oxygen atoms in total. The molecule has 3 heteroatoms. The number of nitrogens with zero attached hydrogens (tertiary/aromatic N) is 1. The molecule has 0 aliphatic carbocycles. The molecule has 2 aromatic rings. The van der Waals surface area contributed by atoms with Crippen LogP contribution in [-0.4, -0.2) is 23.2 Å². The molecule has 1 heterocycles. The maximum Gasteiger partial charge on any atom is 0.0880 e. The molecular weight excluding hydrogens is 224 g/mol. The summed E-state index contributed by atoms with van der Waals surface area (Å²) in [7, 11) is 0. The molecule has 0 saturated heterocycles. The molecule has 1 aromatic carbocycles. The number of rotatable bonds is 5. The minimum atomic E-state index is -0.799. The highest BCUT2D eigenvalue weighted by Gasteiger charge is 2.22. The average Bonchev–Trinajstić information content (AvgIpc) is 2.38. The lowest BCUT2D eigenvalue weighted by atomic mass is 9.91. The van der Waals surface area contributed by atoms with Gasteiger partial charge in [-0.25, -0.2) is 0 Å². The van der Waals surface area contributed by atoms with Gasteiger partial charge in [0.2, 0.25) is 0 Å². The highest BCUT2D eigenvalue weighted by Crippen LogP contribution is 2.26. The van der Waals surface area contributed by atoms with E-state index in [1.807, 2.05) is 37.3 Å². The van der Waals surface area contributed by atoms with Gasteiger partial charge in [-0.1, -0.05) is 19.1 Å². The molecule has 0 aliphatic heterocycles. The fourth-order valence-electron chi connectivity index (χ4n) is 2.06.